The monoisotopic (exact) mass is 260 g/mol. The van der Waals surface area contributed by atoms with Crippen LogP contribution in [-0.2, 0) is 0 Å². The molecular weight excluding hydrogens is 232 g/mol. The van der Waals surface area contributed by atoms with Crippen molar-refractivity contribution in [1.29, 1.82) is 0 Å². The maximum Gasteiger partial charge on any atom is 0.0320 e. The Balaban J connectivity index is 2.01. The molecule has 1 heterocycles. The molecule has 2 atom stereocenters. The average Bonchev–Trinajstić information content (AvgIpc) is 2.91. The molecule has 0 spiro atoms. The lowest BCUT2D eigenvalue weighted by Gasteiger charge is -2.31. The summed E-state index contributed by atoms with van der Waals surface area (Å²) in [6.07, 6.45) is 3.90. The Kier molecular flexibility index (Phi) is 5.41. The van der Waals surface area contributed by atoms with Crippen molar-refractivity contribution < 1.29 is 0 Å². The van der Waals surface area contributed by atoms with Crippen molar-refractivity contribution >= 4 is 0 Å². The molecule has 0 amide bonds. The van der Waals surface area contributed by atoms with Gasteiger partial charge in [0.25, 0.3) is 0 Å². The van der Waals surface area contributed by atoms with Crippen LogP contribution < -0.4 is 5.32 Å². The zero-order valence-corrected chi connectivity index (χ0v) is 12.7. The predicted octanol–water partition coefficient (Wildman–Crippen LogP) is 3.52. The number of rotatable bonds is 6. The van der Waals surface area contributed by atoms with Crippen LogP contribution in [0.25, 0.3) is 0 Å². The van der Waals surface area contributed by atoms with Gasteiger partial charge in [-0.2, -0.15) is 0 Å². The van der Waals surface area contributed by atoms with Gasteiger partial charge in [-0.05, 0) is 51.8 Å². The first-order valence-electron chi connectivity index (χ1n) is 7.74. The molecule has 1 aliphatic rings. The number of hydrogen-bond donors (Lipinski definition) is 1. The first kappa shape index (κ1) is 14.5. The van der Waals surface area contributed by atoms with E-state index in [1.54, 1.807) is 0 Å². The van der Waals surface area contributed by atoms with Crippen molar-refractivity contribution in [3.05, 3.63) is 35.4 Å². The number of nitrogens with zero attached hydrogens (tertiary/aromatic N) is 1. The molecule has 2 heteroatoms. The van der Waals surface area contributed by atoms with E-state index in [-0.39, 0.29) is 0 Å². The van der Waals surface area contributed by atoms with Gasteiger partial charge in [-0.25, -0.2) is 0 Å². The van der Waals surface area contributed by atoms with Gasteiger partial charge < -0.3 is 5.32 Å². The summed E-state index contributed by atoms with van der Waals surface area (Å²) < 4.78 is 0. The third-order valence-electron chi connectivity index (χ3n) is 4.24. The molecule has 1 aromatic rings. The molecule has 1 aromatic carbocycles. The molecule has 1 saturated heterocycles. The van der Waals surface area contributed by atoms with E-state index in [9.17, 15) is 0 Å². The fourth-order valence-corrected chi connectivity index (χ4v) is 2.98. The molecule has 2 rings (SSSR count). The highest BCUT2D eigenvalue weighted by atomic mass is 15.2. The summed E-state index contributed by atoms with van der Waals surface area (Å²) in [4.78, 5) is 2.63. The second-order valence-electron chi connectivity index (χ2n) is 5.87. The lowest BCUT2D eigenvalue weighted by molar-refractivity contribution is 0.192. The topological polar surface area (TPSA) is 15.3 Å². The summed E-state index contributed by atoms with van der Waals surface area (Å²) >= 11 is 0. The molecule has 19 heavy (non-hydrogen) atoms. The van der Waals surface area contributed by atoms with Crippen molar-refractivity contribution in [3.63, 3.8) is 0 Å². The third-order valence-corrected chi connectivity index (χ3v) is 4.24. The van der Waals surface area contributed by atoms with E-state index in [1.165, 1.54) is 50.0 Å². The van der Waals surface area contributed by atoms with E-state index in [1.807, 2.05) is 0 Å². The Labute approximate surface area is 118 Å². The highest BCUT2D eigenvalue weighted by molar-refractivity contribution is 5.23. The van der Waals surface area contributed by atoms with Gasteiger partial charge >= 0.3 is 0 Å². The maximum atomic E-state index is 3.62. The van der Waals surface area contributed by atoms with Gasteiger partial charge in [-0.15, -0.1) is 0 Å². The van der Waals surface area contributed by atoms with Crippen molar-refractivity contribution in [1.82, 2.24) is 10.2 Å². The van der Waals surface area contributed by atoms with Gasteiger partial charge in [0.1, 0.15) is 0 Å². The first-order valence-corrected chi connectivity index (χ1v) is 7.74. The SMILES string of the molecule is CCCN(CC1CCCN1)C(C)c1ccc(C)cc1. The molecule has 106 valence electrons. The minimum absolute atomic E-state index is 0.517. The largest absolute Gasteiger partial charge is 0.313 e. The maximum absolute atomic E-state index is 3.62. The summed E-state index contributed by atoms with van der Waals surface area (Å²) in [5.74, 6) is 0. The van der Waals surface area contributed by atoms with Crippen LogP contribution in [0.15, 0.2) is 24.3 Å². The minimum atomic E-state index is 0.517. The van der Waals surface area contributed by atoms with Gasteiger partial charge in [-0.3, -0.25) is 4.90 Å². The van der Waals surface area contributed by atoms with Crippen molar-refractivity contribution in [2.24, 2.45) is 0 Å². The van der Waals surface area contributed by atoms with Crippen LogP contribution in [0.3, 0.4) is 0 Å². The quantitative estimate of drug-likeness (QED) is 0.842. The zero-order chi connectivity index (χ0) is 13.7. The molecule has 0 aliphatic carbocycles. The van der Waals surface area contributed by atoms with E-state index in [0.29, 0.717) is 12.1 Å². The lowest BCUT2D eigenvalue weighted by atomic mass is 10.0. The molecule has 1 fully saturated rings. The van der Waals surface area contributed by atoms with Crippen LogP contribution in [0, 0.1) is 6.92 Å². The van der Waals surface area contributed by atoms with Crippen molar-refractivity contribution in [3.8, 4) is 0 Å². The van der Waals surface area contributed by atoms with Gasteiger partial charge in [-0.1, -0.05) is 36.8 Å². The minimum Gasteiger partial charge on any atom is -0.313 e. The molecule has 0 aromatic heterocycles. The molecular formula is C17H28N2. The predicted molar refractivity (Wildman–Crippen MR) is 82.5 cm³/mol. The van der Waals surface area contributed by atoms with Crippen LogP contribution >= 0.6 is 0 Å². The Hall–Kier alpha value is -0.860. The molecule has 2 nitrogen and oxygen atoms in total. The summed E-state index contributed by atoms with van der Waals surface area (Å²) in [5.41, 5.74) is 2.78. The lowest BCUT2D eigenvalue weighted by Crippen LogP contribution is -2.39. The molecule has 0 radical (unpaired) electrons. The summed E-state index contributed by atoms with van der Waals surface area (Å²) in [6, 6.07) is 10.2. The molecule has 0 bridgehead atoms. The van der Waals surface area contributed by atoms with E-state index in [4.69, 9.17) is 0 Å². The fraction of sp³-hybridized carbons (Fsp3) is 0.647. The Morgan fingerprint density at radius 3 is 2.63 bits per heavy atom. The smallest absolute Gasteiger partial charge is 0.0320 e. The Morgan fingerprint density at radius 2 is 2.05 bits per heavy atom. The highest BCUT2D eigenvalue weighted by Crippen LogP contribution is 2.22. The van der Waals surface area contributed by atoms with Crippen LogP contribution in [0.1, 0.15) is 50.3 Å². The zero-order valence-electron chi connectivity index (χ0n) is 12.7. The van der Waals surface area contributed by atoms with E-state index < -0.39 is 0 Å². The van der Waals surface area contributed by atoms with Gasteiger partial charge in [0, 0.05) is 18.6 Å². The van der Waals surface area contributed by atoms with Gasteiger partial charge in [0.05, 0.1) is 0 Å². The van der Waals surface area contributed by atoms with Crippen LogP contribution in [0.2, 0.25) is 0 Å². The summed E-state index contributed by atoms with van der Waals surface area (Å²) in [5, 5.41) is 3.62. The van der Waals surface area contributed by atoms with E-state index >= 15 is 0 Å². The molecule has 1 aliphatic heterocycles. The van der Waals surface area contributed by atoms with Crippen LogP contribution in [0.4, 0.5) is 0 Å². The van der Waals surface area contributed by atoms with E-state index in [2.05, 4.69) is 55.3 Å². The van der Waals surface area contributed by atoms with Crippen LogP contribution in [0.5, 0.6) is 0 Å². The number of aryl methyl sites for hydroxylation is 1. The molecule has 1 N–H and O–H groups in total. The average molecular weight is 260 g/mol. The normalized spacial score (nSPS) is 20.9. The number of hydrogen-bond acceptors (Lipinski definition) is 2. The number of benzene rings is 1. The first-order chi connectivity index (χ1) is 9.20. The standard InChI is InChI=1S/C17H28N2/c1-4-12-19(13-17-6-5-11-18-17)15(3)16-9-7-14(2)8-10-16/h7-10,15,17-18H,4-6,11-13H2,1-3H3. The third kappa shape index (κ3) is 4.05. The fourth-order valence-electron chi connectivity index (χ4n) is 2.98. The molecule has 2 unspecified atom stereocenters. The van der Waals surface area contributed by atoms with Gasteiger partial charge in [0.15, 0.2) is 0 Å². The van der Waals surface area contributed by atoms with Crippen LogP contribution in [-0.4, -0.2) is 30.6 Å². The van der Waals surface area contributed by atoms with Crippen molar-refractivity contribution in [2.75, 3.05) is 19.6 Å². The Morgan fingerprint density at radius 1 is 1.32 bits per heavy atom. The van der Waals surface area contributed by atoms with Gasteiger partial charge in [0.2, 0.25) is 0 Å². The second kappa shape index (κ2) is 7.06. The summed E-state index contributed by atoms with van der Waals surface area (Å²) in [6.45, 7) is 10.3. The Bertz CT molecular complexity index is 365. The summed E-state index contributed by atoms with van der Waals surface area (Å²) in [7, 11) is 0. The van der Waals surface area contributed by atoms with E-state index in [0.717, 1.165) is 0 Å². The highest BCUT2D eigenvalue weighted by Gasteiger charge is 2.21. The number of nitrogens with one attached hydrogen (secondary N) is 1. The second-order valence-corrected chi connectivity index (χ2v) is 5.87. The van der Waals surface area contributed by atoms with Crippen molar-refractivity contribution in [2.45, 2.75) is 52.1 Å². The molecule has 0 saturated carbocycles.